The van der Waals surface area contributed by atoms with Gasteiger partial charge >= 0.3 is 0 Å². The third-order valence-corrected chi connectivity index (χ3v) is 4.69. The van der Waals surface area contributed by atoms with Crippen molar-refractivity contribution in [1.29, 1.82) is 0 Å². The number of rotatable bonds is 5. The standard InChI is InChI=1S/C21H21N5O2/c27-21(16-28-18-4-2-1-3-5-18)26-14-12-25(13-15-26)20-7-6-19(23-24-20)17-8-10-22-11-9-17/h1-11H,12-16H2. The van der Waals surface area contributed by atoms with Crippen molar-refractivity contribution >= 4 is 11.7 Å². The fourth-order valence-corrected chi connectivity index (χ4v) is 3.11. The molecule has 0 bridgehead atoms. The number of hydrogen-bond donors (Lipinski definition) is 0. The lowest BCUT2D eigenvalue weighted by Gasteiger charge is -2.35. The number of hydrogen-bond acceptors (Lipinski definition) is 6. The van der Waals surface area contributed by atoms with Gasteiger partial charge in [-0.15, -0.1) is 10.2 Å². The summed E-state index contributed by atoms with van der Waals surface area (Å²) in [5.74, 6) is 1.53. The number of anilines is 1. The van der Waals surface area contributed by atoms with Gasteiger partial charge in [0, 0.05) is 44.1 Å². The molecule has 0 aliphatic carbocycles. The summed E-state index contributed by atoms with van der Waals surface area (Å²) in [6.07, 6.45) is 3.48. The van der Waals surface area contributed by atoms with Gasteiger partial charge in [-0.25, -0.2) is 0 Å². The van der Waals surface area contributed by atoms with Gasteiger partial charge in [0.2, 0.25) is 0 Å². The maximum absolute atomic E-state index is 12.4. The average Bonchev–Trinajstić information content (AvgIpc) is 2.79. The van der Waals surface area contributed by atoms with E-state index in [1.165, 1.54) is 0 Å². The molecule has 0 atom stereocenters. The van der Waals surface area contributed by atoms with E-state index in [1.807, 2.05) is 59.5 Å². The van der Waals surface area contributed by atoms with Crippen molar-refractivity contribution in [2.45, 2.75) is 0 Å². The van der Waals surface area contributed by atoms with Crippen molar-refractivity contribution in [3.8, 4) is 17.0 Å². The van der Waals surface area contributed by atoms with Crippen LogP contribution in [0, 0.1) is 0 Å². The highest BCUT2D eigenvalue weighted by Gasteiger charge is 2.22. The van der Waals surface area contributed by atoms with E-state index in [2.05, 4.69) is 20.1 Å². The molecule has 4 rings (SSSR count). The van der Waals surface area contributed by atoms with E-state index in [4.69, 9.17) is 4.74 Å². The summed E-state index contributed by atoms with van der Waals surface area (Å²) in [6, 6.07) is 17.1. The minimum Gasteiger partial charge on any atom is -0.484 e. The lowest BCUT2D eigenvalue weighted by molar-refractivity contribution is -0.133. The molecule has 3 aromatic rings. The fourth-order valence-electron chi connectivity index (χ4n) is 3.11. The second-order valence-corrected chi connectivity index (χ2v) is 6.48. The zero-order valence-electron chi connectivity index (χ0n) is 15.4. The Morgan fingerprint density at radius 3 is 2.32 bits per heavy atom. The maximum Gasteiger partial charge on any atom is 0.260 e. The van der Waals surface area contributed by atoms with Crippen LogP contribution in [0.1, 0.15) is 0 Å². The van der Waals surface area contributed by atoms with Gasteiger partial charge in [0.25, 0.3) is 5.91 Å². The first-order chi connectivity index (χ1) is 13.8. The molecule has 1 fully saturated rings. The Labute approximate surface area is 163 Å². The Kier molecular flexibility index (Phi) is 5.42. The van der Waals surface area contributed by atoms with E-state index >= 15 is 0 Å². The summed E-state index contributed by atoms with van der Waals surface area (Å²) < 4.78 is 5.56. The van der Waals surface area contributed by atoms with Crippen LogP contribution in [0.25, 0.3) is 11.3 Å². The van der Waals surface area contributed by atoms with E-state index in [9.17, 15) is 4.79 Å². The number of para-hydroxylation sites is 1. The molecule has 1 aliphatic heterocycles. The first-order valence-electron chi connectivity index (χ1n) is 9.24. The highest BCUT2D eigenvalue weighted by atomic mass is 16.5. The summed E-state index contributed by atoms with van der Waals surface area (Å²) in [5, 5.41) is 8.67. The Morgan fingerprint density at radius 2 is 1.64 bits per heavy atom. The van der Waals surface area contributed by atoms with E-state index < -0.39 is 0 Å². The second-order valence-electron chi connectivity index (χ2n) is 6.48. The van der Waals surface area contributed by atoms with Crippen LogP contribution in [-0.2, 0) is 4.79 Å². The van der Waals surface area contributed by atoms with Gasteiger partial charge in [-0.1, -0.05) is 18.2 Å². The number of benzene rings is 1. The van der Waals surface area contributed by atoms with Crippen LogP contribution in [0.2, 0.25) is 0 Å². The minimum atomic E-state index is 0.00243. The number of carbonyl (C=O) groups is 1. The van der Waals surface area contributed by atoms with Gasteiger partial charge in [0.1, 0.15) is 5.75 Å². The largest absolute Gasteiger partial charge is 0.484 e. The van der Waals surface area contributed by atoms with Crippen molar-refractivity contribution in [3.63, 3.8) is 0 Å². The lowest BCUT2D eigenvalue weighted by Crippen LogP contribution is -2.50. The smallest absolute Gasteiger partial charge is 0.260 e. The molecule has 0 spiro atoms. The van der Waals surface area contributed by atoms with Crippen molar-refractivity contribution in [2.24, 2.45) is 0 Å². The van der Waals surface area contributed by atoms with E-state index in [-0.39, 0.29) is 12.5 Å². The SMILES string of the molecule is O=C(COc1ccccc1)N1CCN(c2ccc(-c3ccncc3)nn2)CC1. The van der Waals surface area contributed by atoms with Crippen LogP contribution in [0.5, 0.6) is 5.75 Å². The molecule has 1 amide bonds. The topological polar surface area (TPSA) is 71.5 Å². The Hall–Kier alpha value is -3.48. The van der Waals surface area contributed by atoms with E-state index in [1.54, 1.807) is 12.4 Å². The predicted octanol–water partition coefficient (Wildman–Crippen LogP) is 2.27. The van der Waals surface area contributed by atoms with Crippen molar-refractivity contribution in [2.75, 3.05) is 37.7 Å². The van der Waals surface area contributed by atoms with Gasteiger partial charge in [-0.3, -0.25) is 9.78 Å². The Balaban J connectivity index is 1.29. The van der Waals surface area contributed by atoms with Crippen LogP contribution >= 0.6 is 0 Å². The monoisotopic (exact) mass is 375 g/mol. The molecule has 0 N–H and O–H groups in total. The predicted molar refractivity (Wildman–Crippen MR) is 106 cm³/mol. The number of amides is 1. The third kappa shape index (κ3) is 4.25. The number of nitrogens with zero attached hydrogens (tertiary/aromatic N) is 5. The van der Waals surface area contributed by atoms with Gasteiger partial charge < -0.3 is 14.5 Å². The number of aromatic nitrogens is 3. The van der Waals surface area contributed by atoms with Crippen LogP contribution in [0.3, 0.4) is 0 Å². The molecule has 1 aromatic carbocycles. The van der Waals surface area contributed by atoms with Gasteiger partial charge in [0.15, 0.2) is 12.4 Å². The number of ether oxygens (including phenoxy) is 1. The molecule has 7 nitrogen and oxygen atoms in total. The summed E-state index contributed by atoms with van der Waals surface area (Å²) in [4.78, 5) is 20.4. The van der Waals surface area contributed by atoms with Crippen molar-refractivity contribution in [1.82, 2.24) is 20.1 Å². The molecule has 1 saturated heterocycles. The second kappa shape index (κ2) is 8.47. The Morgan fingerprint density at radius 1 is 0.893 bits per heavy atom. The minimum absolute atomic E-state index is 0.00243. The van der Waals surface area contributed by atoms with E-state index in [0.29, 0.717) is 18.8 Å². The molecular formula is C21H21N5O2. The highest BCUT2D eigenvalue weighted by Crippen LogP contribution is 2.18. The molecule has 3 heterocycles. The first-order valence-corrected chi connectivity index (χ1v) is 9.24. The molecule has 142 valence electrons. The number of carbonyl (C=O) groups excluding carboxylic acids is 1. The first kappa shape index (κ1) is 17.9. The zero-order chi connectivity index (χ0) is 19.2. The molecule has 0 radical (unpaired) electrons. The zero-order valence-corrected chi connectivity index (χ0v) is 15.4. The molecule has 7 heteroatoms. The normalized spacial score (nSPS) is 14.0. The Bertz CT molecular complexity index is 895. The summed E-state index contributed by atoms with van der Waals surface area (Å²) in [5.41, 5.74) is 1.81. The summed E-state index contributed by atoms with van der Waals surface area (Å²) in [7, 11) is 0. The number of piperazine rings is 1. The molecule has 28 heavy (non-hydrogen) atoms. The number of pyridine rings is 1. The average molecular weight is 375 g/mol. The fraction of sp³-hybridized carbons (Fsp3) is 0.238. The van der Waals surface area contributed by atoms with Crippen LogP contribution in [0.15, 0.2) is 67.0 Å². The molecule has 2 aromatic heterocycles. The van der Waals surface area contributed by atoms with Gasteiger partial charge in [-0.05, 0) is 36.4 Å². The van der Waals surface area contributed by atoms with Gasteiger partial charge in [-0.2, -0.15) is 0 Å². The molecule has 1 aliphatic rings. The van der Waals surface area contributed by atoms with Crippen LogP contribution in [-0.4, -0.2) is 58.8 Å². The maximum atomic E-state index is 12.4. The molecule has 0 unspecified atom stereocenters. The lowest BCUT2D eigenvalue weighted by atomic mass is 10.2. The van der Waals surface area contributed by atoms with Crippen LogP contribution in [0.4, 0.5) is 5.82 Å². The molecular weight excluding hydrogens is 354 g/mol. The van der Waals surface area contributed by atoms with Crippen molar-refractivity contribution in [3.05, 3.63) is 67.0 Å². The van der Waals surface area contributed by atoms with E-state index in [0.717, 1.165) is 30.2 Å². The summed E-state index contributed by atoms with van der Waals surface area (Å²) in [6.45, 7) is 2.79. The third-order valence-electron chi connectivity index (χ3n) is 4.69. The van der Waals surface area contributed by atoms with Crippen molar-refractivity contribution < 1.29 is 9.53 Å². The molecule has 0 saturated carbocycles. The van der Waals surface area contributed by atoms with Crippen LogP contribution < -0.4 is 9.64 Å². The quantitative estimate of drug-likeness (QED) is 0.681. The summed E-state index contributed by atoms with van der Waals surface area (Å²) >= 11 is 0. The van der Waals surface area contributed by atoms with Gasteiger partial charge in [0.05, 0.1) is 5.69 Å². The highest BCUT2D eigenvalue weighted by molar-refractivity contribution is 5.78.